The van der Waals surface area contributed by atoms with E-state index in [1.54, 1.807) is 30.1 Å². The molecule has 1 aromatic rings. The van der Waals surface area contributed by atoms with E-state index in [9.17, 15) is 4.79 Å². The summed E-state index contributed by atoms with van der Waals surface area (Å²) in [5, 5.41) is 8.77. The van der Waals surface area contributed by atoms with Crippen LogP contribution < -0.4 is 0 Å². The van der Waals surface area contributed by atoms with Crippen molar-refractivity contribution in [3.63, 3.8) is 0 Å². The van der Waals surface area contributed by atoms with Crippen molar-refractivity contribution in [3.8, 4) is 0 Å². The predicted molar refractivity (Wildman–Crippen MR) is 48.7 cm³/mol. The Hall–Kier alpha value is -1.37. The molecule has 1 rings (SSSR count). The third-order valence-electron chi connectivity index (χ3n) is 1.32. The average molecular weight is 179 g/mol. The zero-order valence-corrected chi connectivity index (χ0v) is 6.88. The van der Waals surface area contributed by atoms with Gasteiger partial charge in [0.2, 0.25) is 0 Å². The topological polar surface area (TPSA) is 39.4 Å². The summed E-state index contributed by atoms with van der Waals surface area (Å²) in [4.78, 5) is 11.0. The van der Waals surface area contributed by atoms with Crippen LogP contribution >= 0.6 is 11.6 Å². The number of benzene rings is 1. The molecule has 0 fully saturated rings. The molecule has 0 heterocycles. The second-order valence-electron chi connectivity index (χ2n) is 2.14. The zero-order chi connectivity index (χ0) is 8.97. The number of carbonyl (C=O) groups excluding carboxylic acids is 1. The van der Waals surface area contributed by atoms with Crippen LogP contribution in [0.2, 0.25) is 5.02 Å². The highest BCUT2D eigenvalue weighted by atomic mass is 35.5. The molecule has 0 N–H and O–H groups in total. The standard InChI is InChI=1S/C9H5ClNO/c10-8-3-1-7(2-4-8)9(12)5-6-11/h1-5H/q-1. The smallest absolute Gasteiger partial charge is 0.191 e. The maximum absolute atomic E-state index is 11.0. The lowest BCUT2D eigenvalue weighted by Crippen LogP contribution is -1.92. The van der Waals surface area contributed by atoms with Crippen LogP contribution in [0, 0.1) is 0 Å². The number of nitrogens with zero attached hydrogens (tertiary/aromatic N) is 1. The van der Waals surface area contributed by atoms with Crippen molar-refractivity contribution in [2.45, 2.75) is 0 Å². The van der Waals surface area contributed by atoms with Crippen LogP contribution in [0.25, 0.3) is 5.41 Å². The molecule has 0 bridgehead atoms. The fraction of sp³-hybridized carbons (Fsp3) is 0. The summed E-state index contributed by atoms with van der Waals surface area (Å²) in [5.41, 5.74) is 0.473. The first-order valence-electron chi connectivity index (χ1n) is 3.27. The highest BCUT2D eigenvalue weighted by Crippen LogP contribution is 2.09. The van der Waals surface area contributed by atoms with Gasteiger partial charge in [0.1, 0.15) is 0 Å². The molecule has 2 nitrogen and oxygen atoms in total. The molecule has 0 aromatic heterocycles. The summed E-state index contributed by atoms with van der Waals surface area (Å²) in [7, 11) is 0. The molecule has 0 amide bonds. The van der Waals surface area contributed by atoms with E-state index in [1.165, 1.54) is 0 Å². The van der Waals surface area contributed by atoms with Crippen LogP contribution in [0.4, 0.5) is 0 Å². The monoisotopic (exact) mass is 178 g/mol. The van der Waals surface area contributed by atoms with E-state index < -0.39 is 0 Å². The van der Waals surface area contributed by atoms with Crippen LogP contribution in [0.15, 0.2) is 30.3 Å². The Balaban J connectivity index is 2.97. The van der Waals surface area contributed by atoms with Crippen molar-refractivity contribution in [2.75, 3.05) is 0 Å². The largest absolute Gasteiger partial charge is 0.763 e. The highest BCUT2D eigenvalue weighted by Gasteiger charge is 1.98. The van der Waals surface area contributed by atoms with Gasteiger partial charge in [0.15, 0.2) is 5.78 Å². The Morgan fingerprint density at radius 1 is 1.42 bits per heavy atom. The number of hydrogen-bond acceptors (Lipinski definition) is 1. The average Bonchev–Trinajstić information content (AvgIpc) is 2.06. The van der Waals surface area contributed by atoms with E-state index in [2.05, 4.69) is 0 Å². The lowest BCUT2D eigenvalue weighted by atomic mass is 10.1. The maximum Gasteiger partial charge on any atom is 0.191 e. The van der Waals surface area contributed by atoms with E-state index in [0.29, 0.717) is 10.6 Å². The van der Waals surface area contributed by atoms with E-state index in [1.807, 2.05) is 0 Å². The Morgan fingerprint density at radius 2 is 2.00 bits per heavy atom. The Morgan fingerprint density at radius 3 is 2.50 bits per heavy atom. The van der Waals surface area contributed by atoms with Gasteiger partial charge in [0.25, 0.3) is 0 Å². The fourth-order valence-corrected chi connectivity index (χ4v) is 0.882. The second kappa shape index (κ2) is 3.86. The number of hydrogen-bond donors (Lipinski definition) is 0. The summed E-state index contributed by atoms with van der Waals surface area (Å²) >= 11 is 5.61. The van der Waals surface area contributed by atoms with Gasteiger partial charge in [-0.25, -0.2) is 0 Å². The molecule has 60 valence electrons. The SMILES string of the molecule is [N-]=C=CC(=O)c1ccc(Cl)cc1. The molecule has 0 spiro atoms. The molecular formula is C9H5ClNO-. The molecule has 3 heteroatoms. The van der Waals surface area contributed by atoms with Crippen LogP contribution in [0.3, 0.4) is 0 Å². The molecule has 0 unspecified atom stereocenters. The van der Waals surface area contributed by atoms with Crippen molar-refractivity contribution < 1.29 is 4.79 Å². The summed E-state index contributed by atoms with van der Waals surface area (Å²) in [6.45, 7) is 0. The minimum Gasteiger partial charge on any atom is -0.763 e. The molecule has 0 aliphatic rings. The molecule has 0 aliphatic carbocycles. The van der Waals surface area contributed by atoms with E-state index >= 15 is 0 Å². The minimum absolute atomic E-state index is 0.297. The Kier molecular flexibility index (Phi) is 2.81. The van der Waals surface area contributed by atoms with Gasteiger partial charge in [-0.2, -0.15) is 0 Å². The van der Waals surface area contributed by atoms with Crippen molar-refractivity contribution in [3.05, 3.63) is 46.3 Å². The van der Waals surface area contributed by atoms with Crippen molar-refractivity contribution in [2.24, 2.45) is 0 Å². The number of halogens is 1. The first kappa shape index (κ1) is 8.72. The molecular weight excluding hydrogens is 174 g/mol. The van der Waals surface area contributed by atoms with Crippen molar-refractivity contribution in [1.29, 1.82) is 0 Å². The second-order valence-corrected chi connectivity index (χ2v) is 2.58. The van der Waals surface area contributed by atoms with Gasteiger partial charge in [0, 0.05) is 16.7 Å². The van der Waals surface area contributed by atoms with Gasteiger partial charge in [0.05, 0.1) is 0 Å². The molecule has 0 saturated heterocycles. The number of carbonyl (C=O) groups is 1. The van der Waals surface area contributed by atoms with Crippen LogP contribution in [-0.4, -0.2) is 11.7 Å². The summed E-state index contributed by atoms with van der Waals surface area (Å²) in [5.74, 6) is 1.38. The number of allylic oxidation sites excluding steroid dienone is 1. The van der Waals surface area contributed by atoms with Gasteiger partial charge in [-0.3, -0.25) is 10.7 Å². The minimum atomic E-state index is -0.297. The maximum atomic E-state index is 11.0. The zero-order valence-electron chi connectivity index (χ0n) is 6.12. The van der Waals surface area contributed by atoms with Crippen LogP contribution in [-0.2, 0) is 0 Å². The quantitative estimate of drug-likeness (QED) is 0.389. The number of rotatable bonds is 2. The van der Waals surface area contributed by atoms with Crippen molar-refractivity contribution >= 4 is 23.3 Å². The highest BCUT2D eigenvalue weighted by molar-refractivity contribution is 6.30. The third kappa shape index (κ3) is 2.06. The normalized spacial score (nSPS) is 8.75. The molecule has 0 saturated carbocycles. The summed E-state index contributed by atoms with van der Waals surface area (Å²) < 4.78 is 0. The van der Waals surface area contributed by atoms with Gasteiger partial charge in [-0.1, -0.05) is 11.6 Å². The predicted octanol–water partition coefficient (Wildman–Crippen LogP) is 2.32. The fourth-order valence-electron chi connectivity index (χ4n) is 0.756. The first-order chi connectivity index (χ1) is 5.74. The van der Waals surface area contributed by atoms with Gasteiger partial charge < -0.3 is 5.41 Å². The molecule has 12 heavy (non-hydrogen) atoms. The van der Waals surface area contributed by atoms with E-state index in [4.69, 9.17) is 17.0 Å². The van der Waals surface area contributed by atoms with Crippen LogP contribution in [0.5, 0.6) is 0 Å². The molecule has 0 aliphatic heterocycles. The molecule has 1 aromatic carbocycles. The van der Waals surface area contributed by atoms with Gasteiger partial charge >= 0.3 is 0 Å². The third-order valence-corrected chi connectivity index (χ3v) is 1.58. The van der Waals surface area contributed by atoms with Gasteiger partial charge in [-0.05, 0) is 24.3 Å². The van der Waals surface area contributed by atoms with Crippen molar-refractivity contribution in [1.82, 2.24) is 0 Å². The lowest BCUT2D eigenvalue weighted by molar-refractivity contribution is 0.104. The van der Waals surface area contributed by atoms with Crippen LogP contribution in [0.1, 0.15) is 10.4 Å². The Labute approximate surface area is 75.0 Å². The molecule has 0 radical (unpaired) electrons. The first-order valence-corrected chi connectivity index (χ1v) is 3.64. The Bertz CT molecular complexity index is 336. The molecule has 0 atom stereocenters. The van der Waals surface area contributed by atoms with E-state index in [-0.39, 0.29) is 5.78 Å². The van der Waals surface area contributed by atoms with E-state index in [0.717, 1.165) is 6.08 Å². The summed E-state index contributed by atoms with van der Waals surface area (Å²) in [6.07, 6.45) is 0.962. The summed E-state index contributed by atoms with van der Waals surface area (Å²) in [6, 6.07) is 6.39. The lowest BCUT2D eigenvalue weighted by Gasteiger charge is -1.94. The van der Waals surface area contributed by atoms with Gasteiger partial charge in [-0.15, -0.1) is 0 Å². The number of ketones is 1.